The number of thioether (sulfide) groups is 1. The second-order valence-corrected chi connectivity index (χ2v) is 7.52. The van der Waals surface area contributed by atoms with E-state index in [1.54, 1.807) is 16.4 Å². The first-order chi connectivity index (χ1) is 12.3. The number of para-hydroxylation sites is 1. The number of hydrogen-bond acceptors (Lipinski definition) is 5. The number of nitrogens with zero attached hydrogens (tertiary/aromatic N) is 5. The molecule has 1 saturated carbocycles. The van der Waals surface area contributed by atoms with Crippen LogP contribution in [0.3, 0.4) is 0 Å². The van der Waals surface area contributed by atoms with Crippen molar-refractivity contribution < 1.29 is 4.79 Å². The Morgan fingerprint density at radius 3 is 2.76 bits per heavy atom. The van der Waals surface area contributed by atoms with E-state index in [9.17, 15) is 4.79 Å². The summed E-state index contributed by atoms with van der Waals surface area (Å²) >= 11 is 1.59. The summed E-state index contributed by atoms with van der Waals surface area (Å²) in [4.78, 5) is 14.3. The molecular weight excluding hydrogens is 334 g/mol. The SMILES string of the molecule is CN(C(=O)CCCSc1nnnn1-c1ccccc1)C1CCCCC1. The molecule has 1 aromatic heterocycles. The average Bonchev–Trinajstić information content (AvgIpc) is 3.14. The lowest BCUT2D eigenvalue weighted by Gasteiger charge is -2.31. The van der Waals surface area contributed by atoms with Gasteiger partial charge >= 0.3 is 0 Å². The first-order valence-electron chi connectivity index (χ1n) is 8.98. The number of carbonyl (C=O) groups excluding carboxylic acids is 1. The second-order valence-electron chi connectivity index (χ2n) is 6.46. The van der Waals surface area contributed by atoms with Crippen molar-refractivity contribution in [3.05, 3.63) is 30.3 Å². The minimum Gasteiger partial charge on any atom is -0.343 e. The minimum absolute atomic E-state index is 0.259. The highest BCUT2D eigenvalue weighted by molar-refractivity contribution is 7.99. The van der Waals surface area contributed by atoms with Crippen LogP contribution in [0.2, 0.25) is 0 Å². The third kappa shape index (κ3) is 4.81. The monoisotopic (exact) mass is 359 g/mol. The molecular formula is C18H25N5OS. The molecule has 0 N–H and O–H groups in total. The summed E-state index contributed by atoms with van der Waals surface area (Å²) in [5.41, 5.74) is 0.947. The van der Waals surface area contributed by atoms with Crippen molar-refractivity contribution in [1.29, 1.82) is 0 Å². The molecule has 0 saturated heterocycles. The van der Waals surface area contributed by atoms with E-state index < -0.39 is 0 Å². The van der Waals surface area contributed by atoms with Crippen LogP contribution in [0.25, 0.3) is 5.69 Å². The van der Waals surface area contributed by atoms with E-state index in [-0.39, 0.29) is 5.91 Å². The van der Waals surface area contributed by atoms with Gasteiger partial charge in [-0.25, -0.2) is 0 Å². The predicted octanol–water partition coefficient (Wildman–Crippen LogP) is 3.33. The summed E-state index contributed by atoms with van der Waals surface area (Å²) in [5, 5.41) is 12.7. The van der Waals surface area contributed by atoms with E-state index in [1.807, 2.05) is 42.3 Å². The molecule has 0 aliphatic heterocycles. The highest BCUT2D eigenvalue weighted by Crippen LogP contribution is 2.23. The average molecular weight is 359 g/mol. The van der Waals surface area contributed by atoms with Gasteiger partial charge in [0.05, 0.1) is 5.69 Å². The van der Waals surface area contributed by atoms with Crippen molar-refractivity contribution in [3.8, 4) is 5.69 Å². The fraction of sp³-hybridized carbons (Fsp3) is 0.556. The fourth-order valence-corrected chi connectivity index (χ4v) is 4.07. The van der Waals surface area contributed by atoms with Crippen molar-refractivity contribution in [2.75, 3.05) is 12.8 Å². The number of aromatic nitrogens is 4. The van der Waals surface area contributed by atoms with Crippen LogP contribution in [0.5, 0.6) is 0 Å². The molecule has 1 aromatic carbocycles. The molecule has 1 aliphatic rings. The zero-order valence-electron chi connectivity index (χ0n) is 14.7. The van der Waals surface area contributed by atoms with Crippen LogP contribution in [-0.2, 0) is 4.79 Å². The Kier molecular flexibility index (Phi) is 6.44. The molecule has 134 valence electrons. The van der Waals surface area contributed by atoms with Gasteiger partial charge in [-0.15, -0.1) is 5.10 Å². The van der Waals surface area contributed by atoms with Gasteiger partial charge in [0, 0.05) is 25.3 Å². The van der Waals surface area contributed by atoms with E-state index in [1.165, 1.54) is 19.3 Å². The third-order valence-electron chi connectivity index (χ3n) is 4.72. The Morgan fingerprint density at radius 2 is 2.00 bits per heavy atom. The molecule has 1 heterocycles. The normalized spacial score (nSPS) is 15.2. The highest BCUT2D eigenvalue weighted by atomic mass is 32.2. The molecule has 1 amide bonds. The molecule has 0 atom stereocenters. The first-order valence-corrected chi connectivity index (χ1v) is 9.96. The standard InChI is InChI=1S/C18H25N5OS/c1-22(15-9-4-2-5-10-15)17(24)13-8-14-25-18-19-20-21-23(18)16-11-6-3-7-12-16/h3,6-7,11-12,15H,2,4-5,8-10,13-14H2,1H3. The molecule has 0 radical (unpaired) electrons. The maximum Gasteiger partial charge on any atom is 0.222 e. The van der Waals surface area contributed by atoms with Gasteiger partial charge < -0.3 is 4.90 Å². The third-order valence-corrected chi connectivity index (χ3v) is 5.73. The minimum atomic E-state index is 0.259. The van der Waals surface area contributed by atoms with Gasteiger partial charge in [0.25, 0.3) is 0 Å². The van der Waals surface area contributed by atoms with E-state index in [2.05, 4.69) is 15.5 Å². The van der Waals surface area contributed by atoms with Gasteiger partial charge in [-0.05, 0) is 41.8 Å². The Balaban J connectivity index is 1.44. The molecule has 0 bridgehead atoms. The van der Waals surface area contributed by atoms with Gasteiger partial charge in [-0.1, -0.05) is 49.2 Å². The van der Waals surface area contributed by atoms with Gasteiger partial charge in [-0.3, -0.25) is 4.79 Å². The zero-order chi connectivity index (χ0) is 17.5. The van der Waals surface area contributed by atoms with Gasteiger partial charge in [0.1, 0.15) is 0 Å². The number of hydrogen-bond donors (Lipinski definition) is 0. The number of carbonyl (C=O) groups is 1. The molecule has 2 aromatic rings. The van der Waals surface area contributed by atoms with Crippen LogP contribution >= 0.6 is 11.8 Å². The Labute approximate surface area is 153 Å². The first kappa shape index (κ1) is 17.9. The molecule has 25 heavy (non-hydrogen) atoms. The molecule has 1 fully saturated rings. The van der Waals surface area contributed by atoms with Crippen LogP contribution in [0.1, 0.15) is 44.9 Å². The van der Waals surface area contributed by atoms with E-state index in [0.717, 1.165) is 35.9 Å². The van der Waals surface area contributed by atoms with Gasteiger partial charge in [0.2, 0.25) is 11.1 Å². The number of benzene rings is 1. The van der Waals surface area contributed by atoms with Gasteiger partial charge in [-0.2, -0.15) is 4.68 Å². The Hall–Kier alpha value is -1.89. The second kappa shape index (κ2) is 8.99. The summed E-state index contributed by atoms with van der Waals surface area (Å²) in [7, 11) is 1.96. The maximum absolute atomic E-state index is 12.4. The predicted molar refractivity (Wildman–Crippen MR) is 98.8 cm³/mol. The quantitative estimate of drug-likeness (QED) is 0.560. The summed E-state index contributed by atoms with van der Waals surface area (Å²) in [6.45, 7) is 0. The maximum atomic E-state index is 12.4. The lowest BCUT2D eigenvalue weighted by atomic mass is 9.94. The molecule has 1 aliphatic carbocycles. The molecule has 3 rings (SSSR count). The van der Waals surface area contributed by atoms with Crippen molar-refractivity contribution in [2.24, 2.45) is 0 Å². The zero-order valence-corrected chi connectivity index (χ0v) is 15.5. The summed E-state index contributed by atoms with van der Waals surface area (Å²) < 4.78 is 1.74. The van der Waals surface area contributed by atoms with Crippen molar-refractivity contribution in [2.45, 2.75) is 56.1 Å². The Morgan fingerprint density at radius 1 is 1.24 bits per heavy atom. The van der Waals surface area contributed by atoms with E-state index in [0.29, 0.717) is 12.5 Å². The fourth-order valence-electron chi connectivity index (χ4n) is 3.24. The molecule has 0 spiro atoms. The van der Waals surface area contributed by atoms with E-state index in [4.69, 9.17) is 0 Å². The molecule has 7 heteroatoms. The van der Waals surface area contributed by atoms with Crippen LogP contribution in [0.15, 0.2) is 35.5 Å². The van der Waals surface area contributed by atoms with Crippen molar-refractivity contribution in [3.63, 3.8) is 0 Å². The highest BCUT2D eigenvalue weighted by Gasteiger charge is 2.21. The lowest BCUT2D eigenvalue weighted by Crippen LogP contribution is -2.38. The number of tetrazole rings is 1. The number of amides is 1. The van der Waals surface area contributed by atoms with Crippen LogP contribution in [-0.4, -0.2) is 49.9 Å². The van der Waals surface area contributed by atoms with Crippen molar-refractivity contribution in [1.82, 2.24) is 25.1 Å². The molecule has 6 nitrogen and oxygen atoms in total. The van der Waals surface area contributed by atoms with E-state index >= 15 is 0 Å². The summed E-state index contributed by atoms with van der Waals surface area (Å²) in [6.07, 6.45) is 7.55. The van der Waals surface area contributed by atoms with Crippen LogP contribution < -0.4 is 0 Å². The van der Waals surface area contributed by atoms with Gasteiger partial charge in [0.15, 0.2) is 0 Å². The summed E-state index contributed by atoms with van der Waals surface area (Å²) in [6, 6.07) is 10.3. The smallest absolute Gasteiger partial charge is 0.222 e. The van der Waals surface area contributed by atoms with Crippen molar-refractivity contribution >= 4 is 17.7 Å². The topological polar surface area (TPSA) is 63.9 Å². The largest absolute Gasteiger partial charge is 0.343 e. The lowest BCUT2D eigenvalue weighted by molar-refractivity contribution is -0.132. The Bertz CT molecular complexity index is 669. The molecule has 0 unspecified atom stereocenters. The summed E-state index contributed by atoms with van der Waals surface area (Å²) in [5.74, 6) is 1.09. The number of rotatable bonds is 7. The van der Waals surface area contributed by atoms with Crippen LogP contribution in [0.4, 0.5) is 0 Å². The van der Waals surface area contributed by atoms with Crippen LogP contribution in [0, 0.1) is 0 Å².